The summed E-state index contributed by atoms with van der Waals surface area (Å²) in [6.07, 6.45) is 1.22. The Morgan fingerprint density at radius 2 is 2.20 bits per heavy atom. The topological polar surface area (TPSA) is 97.0 Å². The number of rotatable bonds is 5. The summed E-state index contributed by atoms with van der Waals surface area (Å²) in [6, 6.07) is 0. The van der Waals surface area contributed by atoms with Gasteiger partial charge in [0.2, 0.25) is 17.2 Å². The van der Waals surface area contributed by atoms with Crippen molar-refractivity contribution >= 4 is 23.5 Å². The monoisotopic (exact) mass is 231 g/mol. The van der Waals surface area contributed by atoms with E-state index in [1.807, 2.05) is 6.92 Å². The molecule has 0 aliphatic heterocycles. The van der Waals surface area contributed by atoms with Crippen LogP contribution in [0.5, 0.6) is 0 Å². The van der Waals surface area contributed by atoms with Crippen molar-refractivity contribution in [2.75, 3.05) is 17.6 Å². The van der Waals surface area contributed by atoms with E-state index in [9.17, 15) is 5.11 Å². The Bertz CT molecular complexity index is 302. The summed E-state index contributed by atoms with van der Waals surface area (Å²) in [4.78, 5) is 11.2. The molecule has 0 radical (unpaired) electrons. The van der Waals surface area contributed by atoms with Gasteiger partial charge in [0.25, 0.3) is 0 Å². The highest BCUT2D eigenvalue weighted by molar-refractivity contribution is 6.28. The average Bonchev–Trinajstić information content (AvgIpc) is 2.14. The van der Waals surface area contributed by atoms with Gasteiger partial charge >= 0.3 is 0 Å². The van der Waals surface area contributed by atoms with Crippen molar-refractivity contribution in [2.45, 2.75) is 25.9 Å². The van der Waals surface area contributed by atoms with E-state index >= 15 is 0 Å². The predicted octanol–water partition coefficient (Wildman–Crippen LogP) is 0.680. The fourth-order valence-corrected chi connectivity index (χ4v) is 1.26. The molecule has 1 rings (SSSR count). The predicted molar refractivity (Wildman–Crippen MR) is 58.7 cm³/mol. The van der Waals surface area contributed by atoms with Crippen LogP contribution in [0.2, 0.25) is 5.28 Å². The van der Waals surface area contributed by atoms with Gasteiger partial charge < -0.3 is 16.2 Å². The zero-order valence-electron chi connectivity index (χ0n) is 8.44. The van der Waals surface area contributed by atoms with Crippen LogP contribution < -0.4 is 11.1 Å². The fourth-order valence-electron chi connectivity index (χ4n) is 1.09. The van der Waals surface area contributed by atoms with E-state index in [-0.39, 0.29) is 17.2 Å². The number of anilines is 2. The number of nitrogen functional groups attached to an aromatic ring is 1. The molecule has 0 aliphatic rings. The van der Waals surface area contributed by atoms with Crippen LogP contribution in [0.25, 0.3) is 0 Å². The second kappa shape index (κ2) is 5.67. The van der Waals surface area contributed by atoms with Crippen LogP contribution in [0.3, 0.4) is 0 Å². The Hall–Kier alpha value is -1.14. The van der Waals surface area contributed by atoms with Crippen LogP contribution in [0.1, 0.15) is 19.8 Å². The largest absolute Gasteiger partial charge is 0.391 e. The van der Waals surface area contributed by atoms with Crippen LogP contribution in [0, 0.1) is 0 Å². The van der Waals surface area contributed by atoms with E-state index in [1.54, 1.807) is 0 Å². The van der Waals surface area contributed by atoms with Gasteiger partial charge in [0.15, 0.2) is 0 Å². The summed E-state index contributed by atoms with van der Waals surface area (Å²) in [5.74, 6) is 0.338. The molecule has 0 spiro atoms. The van der Waals surface area contributed by atoms with E-state index in [0.717, 1.165) is 12.8 Å². The van der Waals surface area contributed by atoms with Crippen LogP contribution >= 0.6 is 11.6 Å². The number of nitrogens with zero attached hydrogens (tertiary/aromatic N) is 3. The van der Waals surface area contributed by atoms with Crippen molar-refractivity contribution in [2.24, 2.45) is 0 Å². The molecule has 7 heteroatoms. The van der Waals surface area contributed by atoms with E-state index in [0.29, 0.717) is 6.54 Å². The van der Waals surface area contributed by atoms with Gasteiger partial charge in [-0.3, -0.25) is 0 Å². The second-order valence-corrected chi connectivity index (χ2v) is 3.45. The van der Waals surface area contributed by atoms with E-state index < -0.39 is 6.10 Å². The summed E-state index contributed by atoms with van der Waals surface area (Å²) in [6.45, 7) is 2.37. The summed E-state index contributed by atoms with van der Waals surface area (Å²) in [5.41, 5.74) is 5.38. The number of halogens is 1. The maximum absolute atomic E-state index is 9.45. The molecule has 0 aromatic carbocycles. The van der Waals surface area contributed by atoms with Gasteiger partial charge in [-0.2, -0.15) is 15.0 Å². The molecular weight excluding hydrogens is 218 g/mol. The lowest BCUT2D eigenvalue weighted by atomic mass is 10.2. The minimum atomic E-state index is -0.424. The molecule has 6 nitrogen and oxygen atoms in total. The number of aromatic nitrogens is 3. The number of aliphatic hydroxyl groups is 1. The Morgan fingerprint density at radius 3 is 2.80 bits per heavy atom. The highest BCUT2D eigenvalue weighted by Crippen LogP contribution is 2.07. The van der Waals surface area contributed by atoms with Crippen molar-refractivity contribution in [3.8, 4) is 0 Å². The van der Waals surface area contributed by atoms with Crippen LogP contribution in [0.4, 0.5) is 11.9 Å². The number of nitrogens with one attached hydrogen (secondary N) is 1. The standard InChI is InChI=1S/C8H14ClN5O/c1-2-3-5(15)4-11-8-13-6(9)12-7(10)14-8/h5,15H,2-4H2,1H3,(H3,10,11,12,13,14). The molecule has 0 saturated heterocycles. The molecular formula is C8H14ClN5O. The maximum Gasteiger partial charge on any atom is 0.228 e. The number of aliphatic hydroxyl groups excluding tert-OH is 1. The first-order valence-electron chi connectivity index (χ1n) is 4.70. The van der Waals surface area contributed by atoms with Gasteiger partial charge in [-0.05, 0) is 18.0 Å². The first-order valence-corrected chi connectivity index (χ1v) is 5.08. The lowest BCUT2D eigenvalue weighted by Crippen LogP contribution is -2.20. The number of hydrogen-bond donors (Lipinski definition) is 3. The van der Waals surface area contributed by atoms with Gasteiger partial charge in [-0.1, -0.05) is 13.3 Å². The van der Waals surface area contributed by atoms with Crippen molar-refractivity contribution < 1.29 is 5.11 Å². The zero-order valence-corrected chi connectivity index (χ0v) is 9.20. The van der Waals surface area contributed by atoms with Crippen molar-refractivity contribution in [3.05, 3.63) is 5.28 Å². The number of nitrogens with two attached hydrogens (primary N) is 1. The van der Waals surface area contributed by atoms with Crippen LogP contribution in [0.15, 0.2) is 0 Å². The van der Waals surface area contributed by atoms with Gasteiger partial charge in [-0.15, -0.1) is 0 Å². The Balaban J connectivity index is 2.50. The normalized spacial score (nSPS) is 12.5. The fraction of sp³-hybridized carbons (Fsp3) is 0.625. The molecule has 0 bridgehead atoms. The van der Waals surface area contributed by atoms with Crippen molar-refractivity contribution in [1.82, 2.24) is 15.0 Å². The lowest BCUT2D eigenvalue weighted by Gasteiger charge is -2.10. The smallest absolute Gasteiger partial charge is 0.228 e. The molecule has 84 valence electrons. The minimum absolute atomic E-state index is 0.0370. The Morgan fingerprint density at radius 1 is 1.47 bits per heavy atom. The molecule has 1 atom stereocenters. The molecule has 0 fully saturated rings. The quantitative estimate of drug-likeness (QED) is 0.690. The molecule has 1 unspecified atom stereocenters. The van der Waals surface area contributed by atoms with Crippen molar-refractivity contribution in [1.29, 1.82) is 0 Å². The van der Waals surface area contributed by atoms with Gasteiger partial charge in [0, 0.05) is 6.54 Å². The third-order valence-electron chi connectivity index (χ3n) is 1.74. The second-order valence-electron chi connectivity index (χ2n) is 3.11. The lowest BCUT2D eigenvalue weighted by molar-refractivity contribution is 0.176. The first kappa shape index (κ1) is 11.9. The van der Waals surface area contributed by atoms with Crippen LogP contribution in [-0.4, -0.2) is 32.7 Å². The zero-order chi connectivity index (χ0) is 11.3. The molecule has 1 aromatic rings. The molecule has 1 heterocycles. The Kier molecular flexibility index (Phi) is 4.51. The average molecular weight is 232 g/mol. The molecule has 0 amide bonds. The Labute approximate surface area is 92.9 Å². The van der Waals surface area contributed by atoms with Gasteiger partial charge in [0.05, 0.1) is 6.10 Å². The maximum atomic E-state index is 9.45. The minimum Gasteiger partial charge on any atom is -0.391 e. The highest BCUT2D eigenvalue weighted by Gasteiger charge is 2.05. The van der Waals surface area contributed by atoms with Crippen LogP contribution in [-0.2, 0) is 0 Å². The van der Waals surface area contributed by atoms with E-state index in [1.165, 1.54) is 0 Å². The summed E-state index contributed by atoms with van der Waals surface area (Å²) < 4.78 is 0. The molecule has 1 aromatic heterocycles. The molecule has 0 saturated carbocycles. The molecule has 15 heavy (non-hydrogen) atoms. The first-order chi connectivity index (χ1) is 7.11. The van der Waals surface area contributed by atoms with Gasteiger partial charge in [-0.25, -0.2) is 0 Å². The third kappa shape index (κ3) is 4.26. The van der Waals surface area contributed by atoms with Crippen molar-refractivity contribution in [3.63, 3.8) is 0 Å². The van der Waals surface area contributed by atoms with E-state index in [4.69, 9.17) is 17.3 Å². The third-order valence-corrected chi connectivity index (χ3v) is 1.91. The van der Waals surface area contributed by atoms with E-state index in [2.05, 4.69) is 20.3 Å². The summed E-state index contributed by atoms with van der Waals surface area (Å²) in [5, 5.41) is 12.3. The highest BCUT2D eigenvalue weighted by atomic mass is 35.5. The van der Waals surface area contributed by atoms with Gasteiger partial charge in [0.1, 0.15) is 0 Å². The molecule has 0 aliphatic carbocycles. The summed E-state index contributed by atoms with van der Waals surface area (Å²) in [7, 11) is 0. The summed E-state index contributed by atoms with van der Waals surface area (Å²) >= 11 is 5.58. The SMILES string of the molecule is CCCC(O)CNc1nc(N)nc(Cl)n1. The number of hydrogen-bond acceptors (Lipinski definition) is 6. The molecule has 4 N–H and O–H groups in total.